The minimum Gasteiger partial charge on any atom is -0.392 e. The predicted molar refractivity (Wildman–Crippen MR) is 81.8 cm³/mol. The Morgan fingerprint density at radius 3 is 2.95 bits per heavy atom. The van der Waals surface area contributed by atoms with Crippen molar-refractivity contribution in [3.8, 4) is 0 Å². The van der Waals surface area contributed by atoms with Crippen molar-refractivity contribution >= 4 is 27.4 Å². The maximum atomic E-state index is 9.72. The molecule has 2 aromatic rings. The summed E-state index contributed by atoms with van der Waals surface area (Å²) in [5.74, 6) is 1.33. The molecule has 3 heterocycles. The summed E-state index contributed by atoms with van der Waals surface area (Å²) < 4.78 is 0. The van der Waals surface area contributed by atoms with Crippen LogP contribution in [-0.2, 0) is 6.54 Å². The van der Waals surface area contributed by atoms with E-state index < -0.39 is 0 Å². The van der Waals surface area contributed by atoms with Crippen molar-refractivity contribution in [2.24, 2.45) is 0 Å². The zero-order chi connectivity index (χ0) is 14.3. The molecule has 1 aliphatic rings. The van der Waals surface area contributed by atoms with Gasteiger partial charge in [0.15, 0.2) is 0 Å². The number of β-amino-alcohol motifs (C(OH)–C–C–N with tert-alkyl or cyclic N) is 1. The number of aliphatic hydroxyl groups excluding tert-OH is 1. The number of aliphatic hydroxyl groups is 1. The van der Waals surface area contributed by atoms with Gasteiger partial charge in [-0.15, -0.1) is 11.3 Å². The van der Waals surface area contributed by atoms with E-state index in [-0.39, 0.29) is 6.10 Å². The Kier molecular flexibility index (Phi) is 3.62. The van der Waals surface area contributed by atoms with Crippen molar-refractivity contribution in [1.82, 2.24) is 14.9 Å². The van der Waals surface area contributed by atoms with E-state index >= 15 is 0 Å². The summed E-state index contributed by atoms with van der Waals surface area (Å²) in [7, 11) is 0. The number of aryl methyl sites for hydroxylation is 2. The van der Waals surface area contributed by atoms with E-state index in [1.165, 1.54) is 10.4 Å². The predicted octanol–water partition coefficient (Wildman–Crippen LogP) is 1.85. The first-order valence-electron chi connectivity index (χ1n) is 6.97. The monoisotopic (exact) mass is 292 g/mol. The normalized spacial score (nSPS) is 20.6. The quantitative estimate of drug-likeness (QED) is 0.883. The zero-order valence-corrected chi connectivity index (χ0v) is 12.7. The number of nitrogen functional groups attached to an aromatic ring is 1. The fraction of sp³-hybridized carbons (Fsp3) is 0.571. The lowest BCUT2D eigenvalue weighted by Crippen LogP contribution is -2.38. The first-order chi connectivity index (χ1) is 9.54. The number of likely N-dealkylation sites (tertiary alicyclic amines) is 1. The van der Waals surface area contributed by atoms with Crippen LogP contribution in [0.15, 0.2) is 0 Å². The van der Waals surface area contributed by atoms with Crippen LogP contribution in [0.25, 0.3) is 10.2 Å². The average Bonchev–Trinajstić information content (AvgIpc) is 2.65. The molecule has 1 aliphatic heterocycles. The van der Waals surface area contributed by atoms with Gasteiger partial charge in [0.05, 0.1) is 18.0 Å². The molecule has 0 bridgehead atoms. The SMILES string of the molecule is Cc1sc2nc(CN3CCC[C@H](O)C3)nc(N)c2c1C. The van der Waals surface area contributed by atoms with Gasteiger partial charge in [0.2, 0.25) is 0 Å². The number of piperidine rings is 1. The van der Waals surface area contributed by atoms with Crippen molar-refractivity contribution in [1.29, 1.82) is 0 Å². The van der Waals surface area contributed by atoms with Gasteiger partial charge >= 0.3 is 0 Å². The number of nitrogens with zero attached hydrogens (tertiary/aromatic N) is 3. The third-order valence-corrected chi connectivity index (χ3v) is 5.05. The van der Waals surface area contributed by atoms with E-state index in [9.17, 15) is 5.11 Å². The standard InChI is InChI=1S/C14H20N4OS/c1-8-9(2)20-14-12(8)13(15)16-11(17-14)7-18-5-3-4-10(19)6-18/h10,19H,3-7H2,1-2H3,(H2,15,16,17)/t10-/m0/s1. The van der Waals surface area contributed by atoms with E-state index in [0.717, 1.165) is 35.4 Å². The van der Waals surface area contributed by atoms with Crippen molar-refractivity contribution in [3.05, 3.63) is 16.3 Å². The van der Waals surface area contributed by atoms with Gasteiger partial charge in [-0.2, -0.15) is 0 Å². The van der Waals surface area contributed by atoms with Gasteiger partial charge in [-0.05, 0) is 38.8 Å². The van der Waals surface area contributed by atoms with Gasteiger partial charge in [0, 0.05) is 11.4 Å². The van der Waals surface area contributed by atoms with Crippen LogP contribution in [0.1, 0.15) is 29.1 Å². The van der Waals surface area contributed by atoms with Crippen LogP contribution in [0.2, 0.25) is 0 Å². The molecule has 3 rings (SSSR count). The first kappa shape index (κ1) is 13.7. The average molecular weight is 292 g/mol. The summed E-state index contributed by atoms with van der Waals surface area (Å²) in [6.45, 7) is 6.49. The molecule has 108 valence electrons. The first-order valence-corrected chi connectivity index (χ1v) is 7.78. The summed E-state index contributed by atoms with van der Waals surface area (Å²) >= 11 is 1.67. The molecule has 0 spiro atoms. The van der Waals surface area contributed by atoms with Gasteiger partial charge in [-0.1, -0.05) is 0 Å². The molecule has 5 nitrogen and oxygen atoms in total. The third-order valence-electron chi connectivity index (χ3n) is 3.95. The second kappa shape index (κ2) is 5.27. The smallest absolute Gasteiger partial charge is 0.146 e. The maximum Gasteiger partial charge on any atom is 0.146 e. The van der Waals surface area contributed by atoms with Crippen LogP contribution in [0, 0.1) is 13.8 Å². The molecule has 1 saturated heterocycles. The molecule has 1 fully saturated rings. The molecule has 0 aliphatic carbocycles. The Labute approximate surface area is 122 Å². The zero-order valence-electron chi connectivity index (χ0n) is 11.9. The van der Waals surface area contributed by atoms with Crippen LogP contribution in [0.3, 0.4) is 0 Å². The second-order valence-electron chi connectivity index (χ2n) is 5.52. The summed E-state index contributed by atoms with van der Waals surface area (Å²) in [6.07, 6.45) is 1.69. The number of fused-ring (bicyclic) bond motifs is 1. The van der Waals surface area contributed by atoms with E-state index in [2.05, 4.69) is 28.7 Å². The Morgan fingerprint density at radius 1 is 1.40 bits per heavy atom. The fourth-order valence-corrected chi connectivity index (χ4v) is 3.83. The number of hydrogen-bond donors (Lipinski definition) is 2. The number of aromatic nitrogens is 2. The van der Waals surface area contributed by atoms with Gasteiger partial charge < -0.3 is 10.8 Å². The number of hydrogen-bond acceptors (Lipinski definition) is 6. The molecule has 0 amide bonds. The van der Waals surface area contributed by atoms with Gasteiger partial charge in [-0.3, -0.25) is 4.90 Å². The minimum atomic E-state index is -0.226. The molecule has 6 heteroatoms. The molecular formula is C14H20N4OS. The minimum absolute atomic E-state index is 0.226. The second-order valence-corrected chi connectivity index (χ2v) is 6.72. The van der Waals surface area contributed by atoms with Crippen molar-refractivity contribution in [2.45, 2.75) is 39.3 Å². The summed E-state index contributed by atoms with van der Waals surface area (Å²) in [5, 5.41) is 10.7. The Morgan fingerprint density at radius 2 is 2.20 bits per heavy atom. The number of nitrogens with two attached hydrogens (primary N) is 1. The molecule has 0 aromatic carbocycles. The molecule has 20 heavy (non-hydrogen) atoms. The van der Waals surface area contributed by atoms with Crippen molar-refractivity contribution in [2.75, 3.05) is 18.8 Å². The van der Waals surface area contributed by atoms with Crippen LogP contribution in [0.5, 0.6) is 0 Å². The lowest BCUT2D eigenvalue weighted by molar-refractivity contribution is 0.0656. The highest BCUT2D eigenvalue weighted by atomic mass is 32.1. The van der Waals surface area contributed by atoms with E-state index in [1.54, 1.807) is 11.3 Å². The number of rotatable bonds is 2. The summed E-state index contributed by atoms with van der Waals surface area (Å²) in [5.41, 5.74) is 7.27. The highest BCUT2D eigenvalue weighted by Crippen LogP contribution is 2.32. The van der Waals surface area contributed by atoms with Crippen LogP contribution in [0.4, 0.5) is 5.82 Å². The Balaban J connectivity index is 1.89. The van der Waals surface area contributed by atoms with E-state index in [1.807, 2.05) is 0 Å². The van der Waals surface area contributed by atoms with Crippen molar-refractivity contribution in [3.63, 3.8) is 0 Å². The van der Waals surface area contributed by atoms with Crippen LogP contribution < -0.4 is 5.73 Å². The number of anilines is 1. The van der Waals surface area contributed by atoms with Gasteiger partial charge in [0.25, 0.3) is 0 Å². The molecular weight excluding hydrogens is 272 g/mol. The van der Waals surface area contributed by atoms with Crippen molar-refractivity contribution < 1.29 is 5.11 Å². The van der Waals surface area contributed by atoms with Gasteiger partial charge in [-0.25, -0.2) is 9.97 Å². The fourth-order valence-electron chi connectivity index (χ4n) is 2.77. The lowest BCUT2D eigenvalue weighted by Gasteiger charge is -2.29. The maximum absolute atomic E-state index is 9.72. The molecule has 1 atom stereocenters. The molecule has 0 saturated carbocycles. The Bertz CT molecular complexity index is 640. The van der Waals surface area contributed by atoms with Gasteiger partial charge in [0.1, 0.15) is 16.5 Å². The molecule has 0 unspecified atom stereocenters. The highest BCUT2D eigenvalue weighted by molar-refractivity contribution is 7.18. The van der Waals surface area contributed by atoms with Crippen LogP contribution in [-0.4, -0.2) is 39.2 Å². The summed E-state index contributed by atoms with van der Waals surface area (Å²) in [4.78, 5) is 13.5. The van der Waals surface area contributed by atoms with Crippen LogP contribution >= 0.6 is 11.3 Å². The highest BCUT2D eigenvalue weighted by Gasteiger charge is 2.20. The third kappa shape index (κ3) is 2.51. The molecule has 0 radical (unpaired) electrons. The number of thiophene rings is 1. The van der Waals surface area contributed by atoms with E-state index in [4.69, 9.17) is 5.73 Å². The lowest BCUT2D eigenvalue weighted by atomic mass is 10.1. The molecule has 3 N–H and O–H groups in total. The summed E-state index contributed by atoms with van der Waals surface area (Å²) in [6, 6.07) is 0. The largest absolute Gasteiger partial charge is 0.392 e. The topological polar surface area (TPSA) is 75.3 Å². The van der Waals surface area contributed by atoms with E-state index in [0.29, 0.717) is 18.9 Å². The molecule has 2 aromatic heterocycles. The Hall–Kier alpha value is -1.24.